The molecule has 1 aromatic heterocycles. The van der Waals surface area contributed by atoms with Crippen molar-refractivity contribution in [3.63, 3.8) is 0 Å². The largest absolute Gasteiger partial charge is 0.415 e. The second-order valence-corrected chi connectivity index (χ2v) is 4.37. The molecule has 0 aliphatic heterocycles. The molecule has 1 N–H and O–H groups in total. The summed E-state index contributed by atoms with van der Waals surface area (Å²) < 4.78 is 36.0. The van der Waals surface area contributed by atoms with Crippen molar-refractivity contribution in [2.24, 2.45) is 0 Å². The number of halogens is 3. The van der Waals surface area contributed by atoms with Crippen molar-refractivity contribution in [3.8, 4) is 0 Å². The van der Waals surface area contributed by atoms with Gasteiger partial charge in [0.25, 0.3) is 0 Å². The maximum absolute atomic E-state index is 12.0. The van der Waals surface area contributed by atoms with Crippen LogP contribution >= 0.6 is 11.3 Å². The van der Waals surface area contributed by atoms with Gasteiger partial charge in [-0.3, -0.25) is 4.90 Å². The molecule has 0 bridgehead atoms. The molecule has 0 aromatic carbocycles. The lowest BCUT2D eigenvalue weighted by Gasteiger charge is -2.21. The number of hydrogen-bond donors (Lipinski definition) is 1. The van der Waals surface area contributed by atoms with E-state index in [1.165, 1.54) is 16.2 Å². The molecule has 0 fully saturated rings. The Morgan fingerprint density at radius 1 is 1.53 bits per heavy atom. The molecule has 1 rings (SSSR count). The fraction of sp³-hybridized carbons (Fsp3) is 0.556. The van der Waals surface area contributed by atoms with Gasteiger partial charge in [0.15, 0.2) is 6.10 Å². The van der Waals surface area contributed by atoms with E-state index in [0.717, 1.165) is 4.88 Å². The summed E-state index contributed by atoms with van der Waals surface area (Å²) in [6, 6.07) is 3.69. The van der Waals surface area contributed by atoms with E-state index in [-0.39, 0.29) is 0 Å². The summed E-state index contributed by atoms with van der Waals surface area (Å²) in [6.45, 7) is 0.0200. The number of likely N-dealkylation sites (N-methyl/N-ethyl adjacent to an activating group) is 1. The number of nitrogens with zero attached hydrogens (tertiary/aromatic N) is 1. The minimum Gasteiger partial charge on any atom is -0.382 e. The van der Waals surface area contributed by atoms with E-state index < -0.39 is 18.8 Å². The molecule has 1 heterocycles. The van der Waals surface area contributed by atoms with Gasteiger partial charge in [-0.1, -0.05) is 6.07 Å². The maximum Gasteiger partial charge on any atom is 0.415 e. The minimum atomic E-state index is -4.54. The topological polar surface area (TPSA) is 23.5 Å². The van der Waals surface area contributed by atoms with Gasteiger partial charge in [-0.2, -0.15) is 13.2 Å². The number of thiophene rings is 1. The summed E-state index contributed by atoms with van der Waals surface area (Å²) in [5.74, 6) is 0. The van der Waals surface area contributed by atoms with E-state index in [1.807, 2.05) is 17.5 Å². The standard InChI is InChI=1S/C9H12F3NOS/c1-13(5-7-3-2-4-15-7)6-8(14)9(10,11)12/h2-4,8,14H,5-6H2,1H3. The minimum absolute atomic E-state index is 0.401. The molecular weight excluding hydrogens is 227 g/mol. The summed E-state index contributed by atoms with van der Waals surface area (Å²) in [5, 5.41) is 10.7. The van der Waals surface area contributed by atoms with Crippen LogP contribution in [0.1, 0.15) is 4.88 Å². The highest BCUT2D eigenvalue weighted by Crippen LogP contribution is 2.21. The van der Waals surface area contributed by atoms with E-state index in [1.54, 1.807) is 7.05 Å². The predicted molar refractivity (Wildman–Crippen MR) is 52.7 cm³/mol. The van der Waals surface area contributed by atoms with E-state index in [9.17, 15) is 13.2 Å². The third kappa shape index (κ3) is 4.19. The van der Waals surface area contributed by atoms with E-state index in [0.29, 0.717) is 6.54 Å². The summed E-state index contributed by atoms with van der Waals surface area (Å²) in [7, 11) is 1.55. The zero-order valence-electron chi connectivity index (χ0n) is 8.16. The first-order valence-electron chi connectivity index (χ1n) is 4.35. The molecule has 1 aromatic rings. The first-order valence-corrected chi connectivity index (χ1v) is 5.23. The molecule has 0 aliphatic carbocycles. The second-order valence-electron chi connectivity index (χ2n) is 3.33. The lowest BCUT2D eigenvalue weighted by Crippen LogP contribution is -2.38. The predicted octanol–water partition coefficient (Wildman–Crippen LogP) is 2.10. The smallest absolute Gasteiger partial charge is 0.382 e. The van der Waals surface area contributed by atoms with Crippen LogP contribution in [-0.2, 0) is 6.54 Å². The van der Waals surface area contributed by atoms with Gasteiger partial charge in [-0.05, 0) is 18.5 Å². The van der Waals surface area contributed by atoms with Gasteiger partial charge in [-0.25, -0.2) is 0 Å². The zero-order valence-corrected chi connectivity index (χ0v) is 8.98. The molecule has 6 heteroatoms. The van der Waals surface area contributed by atoms with Gasteiger partial charge in [0.1, 0.15) is 0 Å². The van der Waals surface area contributed by atoms with Gasteiger partial charge in [0.2, 0.25) is 0 Å². The second kappa shape index (κ2) is 4.96. The van der Waals surface area contributed by atoms with Gasteiger partial charge in [0.05, 0.1) is 0 Å². The van der Waals surface area contributed by atoms with E-state index in [2.05, 4.69) is 0 Å². The van der Waals surface area contributed by atoms with Crippen LogP contribution in [-0.4, -0.2) is 35.9 Å². The Bertz CT molecular complexity index is 286. The Kier molecular flexibility index (Phi) is 4.12. The van der Waals surface area contributed by atoms with Crippen molar-refractivity contribution in [1.29, 1.82) is 0 Å². The summed E-state index contributed by atoms with van der Waals surface area (Å²) in [5.41, 5.74) is 0. The quantitative estimate of drug-likeness (QED) is 0.869. The normalized spacial score (nSPS) is 14.5. The highest BCUT2D eigenvalue weighted by molar-refractivity contribution is 7.09. The van der Waals surface area contributed by atoms with Crippen LogP contribution in [0.3, 0.4) is 0 Å². The first-order chi connectivity index (χ1) is 6.89. The monoisotopic (exact) mass is 239 g/mol. The summed E-state index contributed by atoms with van der Waals surface area (Å²) in [6.07, 6.45) is -6.81. The van der Waals surface area contributed by atoms with E-state index in [4.69, 9.17) is 5.11 Å². The number of rotatable bonds is 4. The lowest BCUT2D eigenvalue weighted by molar-refractivity contribution is -0.207. The average Bonchev–Trinajstić information content (AvgIpc) is 2.54. The Labute approximate surface area is 89.9 Å². The van der Waals surface area contributed by atoms with Crippen LogP contribution < -0.4 is 0 Å². The Hall–Kier alpha value is -0.590. The van der Waals surface area contributed by atoms with Crippen LogP contribution in [0.5, 0.6) is 0 Å². The van der Waals surface area contributed by atoms with Crippen molar-refractivity contribution >= 4 is 11.3 Å². The van der Waals surface area contributed by atoms with Crippen molar-refractivity contribution in [2.75, 3.05) is 13.6 Å². The highest BCUT2D eigenvalue weighted by Gasteiger charge is 2.38. The van der Waals surface area contributed by atoms with Gasteiger partial charge in [0, 0.05) is 18.0 Å². The van der Waals surface area contributed by atoms with Crippen molar-refractivity contribution in [2.45, 2.75) is 18.8 Å². The van der Waals surface area contributed by atoms with Gasteiger partial charge in [-0.15, -0.1) is 11.3 Å². The number of aliphatic hydroxyl groups excluding tert-OH is 1. The van der Waals surface area contributed by atoms with Gasteiger partial charge < -0.3 is 5.11 Å². The van der Waals surface area contributed by atoms with Crippen LogP contribution in [0.2, 0.25) is 0 Å². The molecule has 0 aliphatic rings. The summed E-state index contributed by atoms with van der Waals surface area (Å²) >= 11 is 1.48. The van der Waals surface area contributed by atoms with E-state index >= 15 is 0 Å². The Morgan fingerprint density at radius 2 is 2.20 bits per heavy atom. The highest BCUT2D eigenvalue weighted by atomic mass is 32.1. The molecule has 2 nitrogen and oxygen atoms in total. The van der Waals surface area contributed by atoms with Crippen LogP contribution in [0.15, 0.2) is 17.5 Å². The molecular formula is C9H12F3NOS. The molecule has 0 saturated carbocycles. The molecule has 1 unspecified atom stereocenters. The fourth-order valence-corrected chi connectivity index (χ4v) is 1.92. The molecule has 0 radical (unpaired) electrons. The molecule has 0 amide bonds. The van der Waals surface area contributed by atoms with Crippen molar-refractivity contribution < 1.29 is 18.3 Å². The third-order valence-electron chi connectivity index (χ3n) is 1.87. The summed E-state index contributed by atoms with van der Waals surface area (Å²) in [4.78, 5) is 2.43. The molecule has 86 valence electrons. The SMILES string of the molecule is CN(Cc1cccs1)CC(O)C(F)(F)F. The van der Waals surface area contributed by atoms with Crippen LogP contribution in [0, 0.1) is 0 Å². The number of alkyl halides is 3. The Balaban J connectivity index is 2.39. The van der Waals surface area contributed by atoms with Crippen LogP contribution in [0.25, 0.3) is 0 Å². The fourth-order valence-electron chi connectivity index (χ4n) is 1.13. The van der Waals surface area contributed by atoms with Crippen molar-refractivity contribution in [3.05, 3.63) is 22.4 Å². The first kappa shape index (κ1) is 12.5. The number of hydrogen-bond acceptors (Lipinski definition) is 3. The Morgan fingerprint density at radius 3 is 2.67 bits per heavy atom. The number of aliphatic hydroxyl groups is 1. The van der Waals surface area contributed by atoms with Gasteiger partial charge >= 0.3 is 6.18 Å². The van der Waals surface area contributed by atoms with Crippen molar-refractivity contribution in [1.82, 2.24) is 4.90 Å². The zero-order chi connectivity index (χ0) is 11.5. The molecule has 0 spiro atoms. The maximum atomic E-state index is 12.0. The molecule has 15 heavy (non-hydrogen) atoms. The van der Waals surface area contributed by atoms with Crippen LogP contribution in [0.4, 0.5) is 13.2 Å². The molecule has 0 saturated heterocycles. The molecule has 1 atom stereocenters. The lowest BCUT2D eigenvalue weighted by atomic mass is 10.3. The average molecular weight is 239 g/mol. The third-order valence-corrected chi connectivity index (χ3v) is 2.73.